The summed E-state index contributed by atoms with van der Waals surface area (Å²) >= 11 is 1.58. The van der Waals surface area contributed by atoms with Crippen LogP contribution in [-0.4, -0.2) is 33.5 Å². The molecule has 1 atom stereocenters. The second-order valence-electron chi connectivity index (χ2n) is 6.60. The minimum Gasteiger partial charge on any atom is -0.495 e. The van der Waals surface area contributed by atoms with Crippen LogP contribution >= 0.6 is 11.8 Å². The molecule has 2 heterocycles. The Hall–Kier alpha value is -2.48. The number of rotatable bonds is 6. The number of para-hydroxylation sites is 2. The van der Waals surface area contributed by atoms with Crippen LogP contribution in [0.15, 0.2) is 40.7 Å². The van der Waals surface area contributed by atoms with Crippen LogP contribution in [0.2, 0.25) is 0 Å². The molecule has 0 saturated carbocycles. The number of hydrogen-bond acceptors (Lipinski definition) is 6. The van der Waals surface area contributed by atoms with Crippen molar-refractivity contribution in [1.29, 1.82) is 0 Å². The Labute approximate surface area is 163 Å². The van der Waals surface area contributed by atoms with E-state index in [0.29, 0.717) is 28.1 Å². The number of methoxy groups -OCH3 is 1. The van der Waals surface area contributed by atoms with E-state index in [1.807, 2.05) is 35.9 Å². The maximum atomic E-state index is 13.2. The van der Waals surface area contributed by atoms with E-state index in [1.165, 1.54) is 0 Å². The van der Waals surface area contributed by atoms with Gasteiger partial charge in [0.1, 0.15) is 5.75 Å². The van der Waals surface area contributed by atoms with Gasteiger partial charge in [0.05, 0.1) is 24.4 Å². The monoisotopic (exact) mass is 387 g/mol. The van der Waals surface area contributed by atoms with Gasteiger partial charge in [0.25, 0.3) is 5.91 Å². The number of thioether (sulfide) groups is 1. The van der Waals surface area contributed by atoms with E-state index in [0.717, 1.165) is 11.4 Å². The minimum absolute atomic E-state index is 0.167. The molecule has 0 saturated heterocycles. The number of nitrogens with zero attached hydrogens (tertiary/aromatic N) is 3. The fourth-order valence-corrected chi connectivity index (χ4v) is 3.77. The zero-order valence-electron chi connectivity index (χ0n) is 16.2. The molecule has 0 radical (unpaired) electrons. The van der Waals surface area contributed by atoms with Crippen molar-refractivity contribution in [3.8, 4) is 5.75 Å². The molecule has 0 bridgehead atoms. The molecular weight excluding hydrogens is 362 g/mol. The molecular formula is C19H25N5O2S. The van der Waals surface area contributed by atoms with Gasteiger partial charge in [-0.1, -0.05) is 44.7 Å². The molecule has 7 nitrogen and oxygen atoms in total. The van der Waals surface area contributed by atoms with Gasteiger partial charge >= 0.3 is 0 Å². The lowest BCUT2D eigenvalue weighted by Gasteiger charge is -2.30. The van der Waals surface area contributed by atoms with Crippen molar-refractivity contribution in [3.63, 3.8) is 0 Å². The fraction of sp³-hybridized carbons (Fsp3) is 0.421. The van der Waals surface area contributed by atoms with Gasteiger partial charge in [0.2, 0.25) is 11.1 Å². The van der Waals surface area contributed by atoms with E-state index >= 15 is 0 Å². The summed E-state index contributed by atoms with van der Waals surface area (Å²) in [6.45, 7) is 8.13. The topological polar surface area (TPSA) is 81.1 Å². The van der Waals surface area contributed by atoms with Gasteiger partial charge in [0.15, 0.2) is 0 Å². The third-order valence-electron chi connectivity index (χ3n) is 4.38. The van der Waals surface area contributed by atoms with Crippen LogP contribution in [0, 0.1) is 5.92 Å². The largest absolute Gasteiger partial charge is 0.495 e. The number of amides is 1. The molecule has 1 aliphatic rings. The Bertz CT molecular complexity index is 875. The summed E-state index contributed by atoms with van der Waals surface area (Å²) < 4.78 is 7.17. The van der Waals surface area contributed by atoms with E-state index < -0.39 is 0 Å². The van der Waals surface area contributed by atoms with Crippen LogP contribution in [0.1, 0.15) is 33.7 Å². The Morgan fingerprint density at radius 1 is 1.41 bits per heavy atom. The second-order valence-corrected chi connectivity index (χ2v) is 7.83. The molecule has 1 unspecified atom stereocenters. The highest BCUT2D eigenvalue weighted by Gasteiger charge is 2.35. The quantitative estimate of drug-likeness (QED) is 0.731. The summed E-state index contributed by atoms with van der Waals surface area (Å²) in [4.78, 5) is 17.7. The van der Waals surface area contributed by atoms with E-state index in [2.05, 4.69) is 41.5 Å². The Balaban J connectivity index is 1.95. The molecule has 0 aliphatic carbocycles. The van der Waals surface area contributed by atoms with E-state index in [9.17, 15) is 4.79 Å². The first-order valence-corrected chi connectivity index (χ1v) is 9.96. The predicted molar refractivity (Wildman–Crippen MR) is 108 cm³/mol. The van der Waals surface area contributed by atoms with E-state index in [1.54, 1.807) is 18.9 Å². The lowest BCUT2D eigenvalue weighted by Crippen LogP contribution is -2.33. The molecule has 2 N–H and O–H groups in total. The highest BCUT2D eigenvalue weighted by atomic mass is 32.2. The predicted octanol–water partition coefficient (Wildman–Crippen LogP) is 3.93. The summed E-state index contributed by atoms with van der Waals surface area (Å²) in [5, 5.41) is 11.5. The van der Waals surface area contributed by atoms with Crippen LogP contribution in [-0.2, 0) is 4.79 Å². The number of nitrogens with one attached hydrogen (secondary N) is 2. The van der Waals surface area contributed by atoms with Crippen molar-refractivity contribution < 1.29 is 9.53 Å². The van der Waals surface area contributed by atoms with Crippen molar-refractivity contribution in [2.24, 2.45) is 5.92 Å². The summed E-state index contributed by atoms with van der Waals surface area (Å²) in [6, 6.07) is 7.17. The van der Waals surface area contributed by atoms with Crippen molar-refractivity contribution in [1.82, 2.24) is 14.8 Å². The highest BCUT2D eigenvalue weighted by Crippen LogP contribution is 2.37. The molecule has 144 valence electrons. The summed E-state index contributed by atoms with van der Waals surface area (Å²) in [5.74, 6) is 2.19. The third-order valence-corrected chi connectivity index (χ3v) is 5.10. The molecule has 1 aliphatic heterocycles. The average Bonchev–Trinajstić information content (AvgIpc) is 3.02. The molecule has 8 heteroatoms. The lowest BCUT2D eigenvalue weighted by molar-refractivity contribution is -0.113. The molecule has 27 heavy (non-hydrogen) atoms. The van der Waals surface area contributed by atoms with Crippen molar-refractivity contribution in [2.45, 2.75) is 38.9 Å². The van der Waals surface area contributed by atoms with Crippen molar-refractivity contribution in [2.75, 3.05) is 23.5 Å². The van der Waals surface area contributed by atoms with Crippen LogP contribution in [0.25, 0.3) is 0 Å². The molecule has 0 fully saturated rings. The number of aromatic nitrogens is 3. The number of anilines is 2. The van der Waals surface area contributed by atoms with Crippen molar-refractivity contribution >= 4 is 29.3 Å². The van der Waals surface area contributed by atoms with Gasteiger partial charge in [-0.3, -0.25) is 4.79 Å². The Kier molecular flexibility index (Phi) is 5.74. The number of ether oxygens (including phenoxy) is 1. The number of carbonyl (C=O) groups is 1. The maximum absolute atomic E-state index is 13.2. The van der Waals surface area contributed by atoms with Gasteiger partial charge < -0.3 is 15.4 Å². The van der Waals surface area contributed by atoms with Crippen molar-refractivity contribution in [3.05, 3.63) is 35.5 Å². The maximum Gasteiger partial charge on any atom is 0.255 e. The van der Waals surface area contributed by atoms with Crippen LogP contribution in [0.4, 0.5) is 11.6 Å². The number of allylic oxidation sites excluding steroid dienone is 1. The van der Waals surface area contributed by atoms with E-state index in [4.69, 9.17) is 4.74 Å². The molecule has 1 aromatic carbocycles. The van der Waals surface area contributed by atoms with Crippen LogP contribution in [0.3, 0.4) is 0 Å². The number of benzene rings is 1. The third kappa shape index (κ3) is 3.80. The molecule has 3 rings (SSSR count). The van der Waals surface area contributed by atoms with Gasteiger partial charge in [-0.05, 0) is 30.7 Å². The average molecular weight is 388 g/mol. The number of carbonyl (C=O) groups excluding carboxylic acids is 1. The van der Waals surface area contributed by atoms with Gasteiger partial charge in [0, 0.05) is 5.70 Å². The smallest absolute Gasteiger partial charge is 0.255 e. The van der Waals surface area contributed by atoms with Crippen LogP contribution in [0.5, 0.6) is 5.75 Å². The first-order chi connectivity index (χ1) is 13.0. The van der Waals surface area contributed by atoms with Gasteiger partial charge in [-0.2, -0.15) is 4.98 Å². The SMILES string of the molecule is CCSc1nc2n(n1)C(C(C)C)C(C(=O)Nc1ccccc1OC)=C(C)N2. The molecule has 1 aromatic heterocycles. The summed E-state index contributed by atoms with van der Waals surface area (Å²) in [5.41, 5.74) is 2.08. The first kappa shape index (κ1) is 19.3. The molecule has 0 spiro atoms. The second kappa shape index (κ2) is 8.04. The standard InChI is InChI=1S/C19H25N5O2S/c1-6-27-19-22-18-20-12(4)15(16(11(2)3)24(18)23-19)17(25)21-13-9-7-8-10-14(13)26-5/h7-11,16H,6H2,1-5H3,(H,21,25)(H,20,22,23). The lowest BCUT2D eigenvalue weighted by atomic mass is 9.92. The summed E-state index contributed by atoms with van der Waals surface area (Å²) in [6.07, 6.45) is 0. The van der Waals surface area contributed by atoms with E-state index in [-0.39, 0.29) is 17.9 Å². The fourth-order valence-electron chi connectivity index (χ4n) is 3.21. The van der Waals surface area contributed by atoms with Crippen LogP contribution < -0.4 is 15.4 Å². The first-order valence-electron chi connectivity index (χ1n) is 8.97. The summed E-state index contributed by atoms with van der Waals surface area (Å²) in [7, 11) is 1.59. The van der Waals surface area contributed by atoms with Gasteiger partial charge in [-0.25, -0.2) is 4.68 Å². The number of hydrogen-bond donors (Lipinski definition) is 2. The zero-order valence-corrected chi connectivity index (χ0v) is 17.1. The Morgan fingerprint density at radius 2 is 2.15 bits per heavy atom. The minimum atomic E-state index is -0.199. The molecule has 1 amide bonds. The normalized spacial score (nSPS) is 16.1. The molecule has 2 aromatic rings. The zero-order chi connectivity index (χ0) is 19.6. The van der Waals surface area contributed by atoms with Gasteiger partial charge in [-0.15, -0.1) is 5.10 Å². The highest BCUT2D eigenvalue weighted by molar-refractivity contribution is 7.99. The number of fused-ring (bicyclic) bond motifs is 1. The Morgan fingerprint density at radius 3 is 2.81 bits per heavy atom.